The third-order valence-electron chi connectivity index (χ3n) is 10.9. The van der Waals surface area contributed by atoms with Crippen LogP contribution in [0.5, 0.6) is 0 Å². The Hall–Kier alpha value is -5.66. The van der Waals surface area contributed by atoms with Crippen LogP contribution in [0.2, 0.25) is 0 Å². The summed E-state index contributed by atoms with van der Waals surface area (Å²) in [6.07, 6.45) is 0. The first-order valence-corrected chi connectivity index (χ1v) is 17.0. The van der Waals surface area contributed by atoms with Gasteiger partial charge in [0, 0.05) is 27.8 Å². The van der Waals surface area contributed by atoms with Gasteiger partial charge in [-0.3, -0.25) is 0 Å². The summed E-state index contributed by atoms with van der Waals surface area (Å²) in [5.41, 5.74) is 17.7. The second-order valence-electron chi connectivity index (χ2n) is 13.9. The molecule has 0 bridgehead atoms. The van der Waals surface area contributed by atoms with Crippen molar-refractivity contribution in [3.63, 3.8) is 0 Å². The van der Waals surface area contributed by atoms with E-state index in [1.807, 2.05) is 0 Å². The van der Waals surface area contributed by atoms with Gasteiger partial charge in [0.2, 0.25) is 0 Å². The lowest BCUT2D eigenvalue weighted by Gasteiger charge is -2.32. The molecule has 2 aliphatic rings. The summed E-state index contributed by atoms with van der Waals surface area (Å²) in [6.45, 7) is 7.15. The van der Waals surface area contributed by atoms with Crippen molar-refractivity contribution >= 4 is 17.1 Å². The molecule has 9 rings (SSSR count). The van der Waals surface area contributed by atoms with Crippen LogP contribution in [0.25, 0.3) is 33.4 Å². The second kappa shape index (κ2) is 10.7. The van der Waals surface area contributed by atoms with Gasteiger partial charge in [0.15, 0.2) is 0 Å². The molecule has 230 valence electrons. The minimum Gasteiger partial charge on any atom is -0.310 e. The molecular formula is C47H37N. The quantitative estimate of drug-likeness (QED) is 0.186. The summed E-state index contributed by atoms with van der Waals surface area (Å²) < 4.78 is 0. The number of para-hydroxylation sites is 2. The van der Waals surface area contributed by atoms with Crippen LogP contribution in [-0.4, -0.2) is 0 Å². The third kappa shape index (κ3) is 4.04. The smallest absolute Gasteiger partial charge is 0.0540 e. The standard InChI is InChI=1S/C47H37N/c1-46(2)41-26-13-10-22-36(41)39-24-16-25-40(45(39)46)38-23-12-15-28-44(38)48(33-19-8-5-9-20-33)34-29-30-37-35-21-11-14-27-42(35)47(3,43(37)31-34)32-17-6-4-7-18-32/h4-31H,1-3H3. The van der Waals surface area contributed by atoms with Crippen LogP contribution < -0.4 is 4.90 Å². The molecule has 0 saturated carbocycles. The zero-order valence-corrected chi connectivity index (χ0v) is 27.6. The van der Waals surface area contributed by atoms with Crippen molar-refractivity contribution in [1.29, 1.82) is 0 Å². The molecule has 0 saturated heterocycles. The Morgan fingerprint density at radius 3 is 1.62 bits per heavy atom. The van der Waals surface area contributed by atoms with E-state index in [-0.39, 0.29) is 10.8 Å². The van der Waals surface area contributed by atoms with E-state index in [9.17, 15) is 0 Å². The van der Waals surface area contributed by atoms with E-state index >= 15 is 0 Å². The molecular weight excluding hydrogens is 579 g/mol. The molecule has 1 nitrogen and oxygen atoms in total. The highest BCUT2D eigenvalue weighted by Crippen LogP contribution is 2.56. The first-order valence-electron chi connectivity index (χ1n) is 17.0. The highest BCUT2D eigenvalue weighted by atomic mass is 15.1. The van der Waals surface area contributed by atoms with Gasteiger partial charge in [-0.2, -0.15) is 0 Å². The van der Waals surface area contributed by atoms with Crippen LogP contribution in [0, 0.1) is 0 Å². The Morgan fingerprint density at radius 2 is 0.896 bits per heavy atom. The average Bonchev–Trinajstić information content (AvgIpc) is 3.54. The number of rotatable bonds is 5. The average molecular weight is 616 g/mol. The maximum atomic E-state index is 2.46. The van der Waals surface area contributed by atoms with E-state index in [1.54, 1.807) is 0 Å². The van der Waals surface area contributed by atoms with Crippen LogP contribution in [0.1, 0.15) is 48.6 Å². The molecule has 1 atom stereocenters. The lowest BCUT2D eigenvalue weighted by atomic mass is 9.74. The maximum absolute atomic E-state index is 2.46. The second-order valence-corrected chi connectivity index (χ2v) is 13.9. The van der Waals surface area contributed by atoms with Crippen molar-refractivity contribution in [3.8, 4) is 33.4 Å². The summed E-state index contributed by atoms with van der Waals surface area (Å²) in [5.74, 6) is 0. The number of hydrogen-bond acceptors (Lipinski definition) is 1. The SMILES string of the molecule is CC1(C)c2ccccc2-c2cccc(-c3ccccc3N(c3ccccc3)c3ccc4c(c3)C(C)(c3ccccc3)c3ccccc3-4)c21. The van der Waals surface area contributed by atoms with E-state index in [1.165, 1.54) is 66.9 Å². The Labute approximate surface area is 283 Å². The van der Waals surface area contributed by atoms with Gasteiger partial charge in [-0.25, -0.2) is 0 Å². The molecule has 0 N–H and O–H groups in total. The minimum atomic E-state index is -0.277. The summed E-state index contributed by atoms with van der Waals surface area (Å²) in [4.78, 5) is 2.46. The summed E-state index contributed by atoms with van der Waals surface area (Å²) in [6, 6.07) is 62.6. The molecule has 0 fully saturated rings. The predicted molar refractivity (Wildman–Crippen MR) is 202 cm³/mol. The minimum absolute atomic E-state index is 0.121. The Bertz CT molecular complexity index is 2330. The molecule has 0 aliphatic heterocycles. The number of anilines is 3. The molecule has 48 heavy (non-hydrogen) atoms. The van der Waals surface area contributed by atoms with E-state index in [4.69, 9.17) is 0 Å². The Kier molecular flexibility index (Phi) is 6.36. The molecule has 0 amide bonds. The fourth-order valence-electron chi connectivity index (χ4n) is 8.67. The normalized spacial score (nSPS) is 16.5. The van der Waals surface area contributed by atoms with Crippen molar-refractivity contribution in [1.82, 2.24) is 0 Å². The number of benzene rings is 7. The van der Waals surface area contributed by atoms with E-state index < -0.39 is 0 Å². The molecule has 7 aromatic rings. The maximum Gasteiger partial charge on any atom is 0.0540 e. The zero-order valence-electron chi connectivity index (χ0n) is 27.6. The van der Waals surface area contributed by atoms with Crippen LogP contribution in [-0.2, 0) is 10.8 Å². The van der Waals surface area contributed by atoms with Crippen molar-refractivity contribution < 1.29 is 0 Å². The van der Waals surface area contributed by atoms with Crippen molar-refractivity contribution in [2.75, 3.05) is 4.90 Å². The molecule has 7 aromatic carbocycles. The van der Waals surface area contributed by atoms with Crippen LogP contribution in [0.4, 0.5) is 17.1 Å². The zero-order chi connectivity index (χ0) is 32.5. The van der Waals surface area contributed by atoms with Crippen molar-refractivity contribution in [2.45, 2.75) is 31.6 Å². The number of nitrogens with zero attached hydrogens (tertiary/aromatic N) is 1. The highest BCUT2D eigenvalue weighted by Gasteiger charge is 2.41. The van der Waals surface area contributed by atoms with E-state index in [2.05, 4.69) is 196 Å². The van der Waals surface area contributed by atoms with Crippen LogP contribution >= 0.6 is 0 Å². The van der Waals surface area contributed by atoms with E-state index in [0.29, 0.717) is 0 Å². The first-order chi connectivity index (χ1) is 23.5. The van der Waals surface area contributed by atoms with Gasteiger partial charge >= 0.3 is 0 Å². The molecule has 1 heteroatoms. The van der Waals surface area contributed by atoms with Gasteiger partial charge in [-0.1, -0.05) is 153 Å². The Balaban J connectivity index is 1.28. The molecule has 0 spiro atoms. The fraction of sp³-hybridized carbons (Fsp3) is 0.106. The lowest BCUT2D eigenvalue weighted by Crippen LogP contribution is -2.23. The third-order valence-corrected chi connectivity index (χ3v) is 10.9. The topological polar surface area (TPSA) is 3.24 Å². The van der Waals surface area contributed by atoms with Gasteiger partial charge < -0.3 is 4.90 Å². The largest absolute Gasteiger partial charge is 0.310 e. The molecule has 1 unspecified atom stereocenters. The van der Waals surface area contributed by atoms with Gasteiger partial charge in [0.05, 0.1) is 5.69 Å². The van der Waals surface area contributed by atoms with E-state index in [0.717, 1.165) is 11.4 Å². The molecule has 0 heterocycles. The lowest BCUT2D eigenvalue weighted by molar-refractivity contribution is 0.662. The van der Waals surface area contributed by atoms with Crippen LogP contribution in [0.15, 0.2) is 170 Å². The first kappa shape index (κ1) is 28.6. The van der Waals surface area contributed by atoms with Gasteiger partial charge in [-0.05, 0) is 92.9 Å². The van der Waals surface area contributed by atoms with Crippen molar-refractivity contribution in [2.24, 2.45) is 0 Å². The van der Waals surface area contributed by atoms with Crippen LogP contribution in [0.3, 0.4) is 0 Å². The van der Waals surface area contributed by atoms with Gasteiger partial charge in [-0.15, -0.1) is 0 Å². The van der Waals surface area contributed by atoms with Gasteiger partial charge in [0.25, 0.3) is 0 Å². The predicted octanol–water partition coefficient (Wildman–Crippen LogP) is 12.5. The van der Waals surface area contributed by atoms with Gasteiger partial charge in [0.1, 0.15) is 0 Å². The monoisotopic (exact) mass is 615 g/mol. The summed E-state index contributed by atoms with van der Waals surface area (Å²) in [7, 11) is 0. The number of hydrogen-bond donors (Lipinski definition) is 0. The number of fused-ring (bicyclic) bond motifs is 6. The summed E-state index contributed by atoms with van der Waals surface area (Å²) >= 11 is 0. The molecule has 0 aromatic heterocycles. The highest BCUT2D eigenvalue weighted by molar-refractivity contribution is 5.95. The molecule has 0 radical (unpaired) electrons. The van der Waals surface area contributed by atoms with Crippen molar-refractivity contribution in [3.05, 3.63) is 198 Å². The fourth-order valence-corrected chi connectivity index (χ4v) is 8.67. The molecule has 2 aliphatic carbocycles. The summed E-state index contributed by atoms with van der Waals surface area (Å²) in [5, 5.41) is 0. The Morgan fingerprint density at radius 1 is 0.375 bits per heavy atom.